The third kappa shape index (κ3) is 8.53. The van der Waals surface area contributed by atoms with E-state index in [4.69, 9.17) is 0 Å². The van der Waals surface area contributed by atoms with E-state index in [2.05, 4.69) is 6.92 Å². The van der Waals surface area contributed by atoms with E-state index in [0.29, 0.717) is 6.42 Å². The van der Waals surface area contributed by atoms with E-state index < -0.39 is 24.3 Å². The Bertz CT molecular complexity index is 979. The van der Waals surface area contributed by atoms with Crippen molar-refractivity contribution in [3.8, 4) is 0 Å². The molecule has 0 N–H and O–H groups in total. The van der Waals surface area contributed by atoms with Gasteiger partial charge in [0.25, 0.3) is 0 Å². The first-order chi connectivity index (χ1) is 16.2. The molecule has 0 aromatic heterocycles. The molecule has 0 atom stereocenters. The van der Waals surface area contributed by atoms with Gasteiger partial charge in [0.1, 0.15) is 0 Å². The minimum Gasteiger partial charge on any atom is -0.222 e. The smallest absolute Gasteiger partial charge is 0.195 e. The Labute approximate surface area is 208 Å². The van der Waals surface area contributed by atoms with E-state index in [1.54, 1.807) is 24.3 Å². The van der Waals surface area contributed by atoms with Crippen molar-refractivity contribution in [2.24, 2.45) is 0 Å². The van der Waals surface area contributed by atoms with Crippen molar-refractivity contribution in [1.29, 1.82) is 0 Å². The van der Waals surface area contributed by atoms with Gasteiger partial charge in [-0.3, -0.25) is 0 Å². The van der Waals surface area contributed by atoms with Crippen molar-refractivity contribution in [2.75, 3.05) is 0 Å². The first-order valence-corrected chi connectivity index (χ1v) is 15.9. The van der Waals surface area contributed by atoms with E-state index in [-0.39, 0.29) is 16.2 Å². The van der Waals surface area contributed by atoms with Crippen molar-refractivity contribution < 1.29 is 16.8 Å². The van der Waals surface area contributed by atoms with E-state index in [1.807, 2.05) is 13.8 Å². The number of hydrogen-bond donors (Lipinski definition) is 0. The summed E-state index contributed by atoms with van der Waals surface area (Å²) < 4.78 is 52.4. The summed E-state index contributed by atoms with van der Waals surface area (Å²) in [5.41, 5.74) is 1.87. The number of sulfone groups is 2. The van der Waals surface area contributed by atoms with Crippen molar-refractivity contribution in [3.05, 3.63) is 59.7 Å². The van der Waals surface area contributed by atoms with Crippen molar-refractivity contribution >= 4 is 19.7 Å². The lowest BCUT2D eigenvalue weighted by molar-refractivity contribution is 0.537. The largest absolute Gasteiger partial charge is 0.222 e. The molecule has 0 spiro atoms. The summed E-state index contributed by atoms with van der Waals surface area (Å²) in [7, 11) is -8.07. The molecule has 6 heteroatoms. The Balaban J connectivity index is 2.03. The maximum atomic E-state index is 13.5. The number of unbranched alkanes of at least 4 members (excludes halogenated alkanes) is 10. The van der Waals surface area contributed by atoms with Crippen LogP contribution in [0.25, 0.3) is 0 Å². The van der Waals surface area contributed by atoms with Gasteiger partial charge in [-0.25, -0.2) is 16.8 Å². The Morgan fingerprint density at radius 2 is 0.853 bits per heavy atom. The van der Waals surface area contributed by atoms with Crippen LogP contribution in [-0.2, 0) is 19.7 Å². The van der Waals surface area contributed by atoms with Crippen LogP contribution in [-0.4, -0.2) is 21.4 Å². The number of benzene rings is 2. The monoisotopic (exact) mass is 506 g/mol. The molecular formula is C28H42O4S2. The highest BCUT2D eigenvalue weighted by molar-refractivity contribution is 8.09. The molecule has 0 amide bonds. The van der Waals surface area contributed by atoms with Crippen molar-refractivity contribution in [3.63, 3.8) is 0 Å². The first kappa shape index (κ1) is 28.6. The molecule has 0 saturated heterocycles. The van der Waals surface area contributed by atoms with Gasteiger partial charge in [-0.1, -0.05) is 113 Å². The van der Waals surface area contributed by atoms with Crippen LogP contribution >= 0.6 is 0 Å². The molecule has 0 bridgehead atoms. The highest BCUT2D eigenvalue weighted by Gasteiger charge is 2.39. The zero-order valence-electron chi connectivity index (χ0n) is 21.1. The molecule has 190 valence electrons. The van der Waals surface area contributed by atoms with Crippen LogP contribution in [0.5, 0.6) is 0 Å². The SMILES string of the molecule is CCCCCCCCCCCCCC(S(=O)(=O)c1ccc(C)cc1)S(=O)(=O)c1ccc(C)cc1. The van der Waals surface area contributed by atoms with Crippen molar-refractivity contribution in [1.82, 2.24) is 0 Å². The average Bonchev–Trinajstić information content (AvgIpc) is 2.80. The number of rotatable bonds is 16. The topological polar surface area (TPSA) is 68.3 Å². The summed E-state index contributed by atoms with van der Waals surface area (Å²) >= 11 is 0. The summed E-state index contributed by atoms with van der Waals surface area (Å²) in [6.45, 7) is 5.98. The minimum atomic E-state index is -4.03. The first-order valence-electron chi connectivity index (χ1n) is 12.8. The van der Waals surface area contributed by atoms with Gasteiger partial charge >= 0.3 is 0 Å². The molecule has 0 aliphatic heterocycles. The second-order valence-corrected chi connectivity index (χ2v) is 14.0. The van der Waals surface area contributed by atoms with E-state index in [0.717, 1.165) is 30.4 Å². The molecule has 0 heterocycles. The van der Waals surface area contributed by atoms with Crippen molar-refractivity contribution in [2.45, 2.75) is 112 Å². The van der Waals surface area contributed by atoms with Gasteiger partial charge in [-0.05, 0) is 44.5 Å². The standard InChI is InChI=1S/C28H42O4S2/c1-4-5-6-7-8-9-10-11-12-13-14-15-28(33(29,30)26-20-16-24(2)17-21-26)34(31,32)27-22-18-25(3)19-23-27/h16-23,28H,4-15H2,1-3H3. The van der Waals surface area contributed by atoms with Crippen LogP contribution in [0.1, 0.15) is 95.1 Å². The van der Waals surface area contributed by atoms with Crippen LogP contribution in [0.2, 0.25) is 0 Å². The maximum Gasteiger partial charge on any atom is 0.195 e. The lowest BCUT2D eigenvalue weighted by Gasteiger charge is -2.19. The second kappa shape index (κ2) is 14.0. The summed E-state index contributed by atoms with van der Waals surface area (Å²) in [5, 5.41) is 0. The number of hydrogen-bond acceptors (Lipinski definition) is 4. The summed E-state index contributed by atoms with van der Waals surface area (Å²) in [5.74, 6) is 0. The minimum absolute atomic E-state index is 0.0712. The Morgan fingerprint density at radius 1 is 0.529 bits per heavy atom. The van der Waals surface area contributed by atoms with Gasteiger partial charge in [0.05, 0.1) is 9.79 Å². The lowest BCUT2D eigenvalue weighted by Crippen LogP contribution is -2.31. The van der Waals surface area contributed by atoms with E-state index in [9.17, 15) is 16.8 Å². The molecule has 2 rings (SSSR count). The predicted octanol–water partition coefficient (Wildman–Crippen LogP) is 7.58. The van der Waals surface area contributed by atoms with Crippen LogP contribution in [0.3, 0.4) is 0 Å². The summed E-state index contributed by atoms with van der Waals surface area (Å²) in [4.78, 5) is 0.142. The van der Waals surface area contributed by atoms with E-state index >= 15 is 0 Å². The third-order valence-electron chi connectivity index (χ3n) is 6.43. The molecule has 0 aliphatic rings. The third-order valence-corrected chi connectivity index (χ3v) is 11.7. The molecular weight excluding hydrogens is 464 g/mol. The van der Waals surface area contributed by atoms with Gasteiger partial charge in [0.2, 0.25) is 0 Å². The van der Waals surface area contributed by atoms with Gasteiger partial charge in [0, 0.05) is 0 Å². The second-order valence-electron chi connectivity index (χ2n) is 9.47. The molecule has 4 nitrogen and oxygen atoms in total. The molecule has 2 aromatic rings. The maximum absolute atomic E-state index is 13.5. The molecule has 0 saturated carbocycles. The Hall–Kier alpha value is -1.66. The fraction of sp³-hybridized carbons (Fsp3) is 0.571. The zero-order valence-corrected chi connectivity index (χ0v) is 22.8. The normalized spacial score (nSPS) is 12.4. The van der Waals surface area contributed by atoms with Gasteiger partial charge in [0.15, 0.2) is 24.3 Å². The Kier molecular flexibility index (Phi) is 11.8. The fourth-order valence-electron chi connectivity index (χ4n) is 4.21. The fourth-order valence-corrected chi connectivity index (χ4v) is 8.80. The molecule has 0 fully saturated rings. The Morgan fingerprint density at radius 3 is 1.21 bits per heavy atom. The zero-order chi connectivity index (χ0) is 25.0. The number of aryl methyl sites for hydroxylation is 2. The molecule has 34 heavy (non-hydrogen) atoms. The molecule has 0 unspecified atom stereocenters. The van der Waals surface area contributed by atoms with Gasteiger partial charge in [-0.2, -0.15) is 0 Å². The molecule has 0 radical (unpaired) electrons. The molecule has 0 aliphatic carbocycles. The summed E-state index contributed by atoms with van der Waals surface area (Å²) in [6.07, 6.45) is 12.6. The van der Waals surface area contributed by atoms with Gasteiger partial charge < -0.3 is 0 Å². The highest BCUT2D eigenvalue weighted by Crippen LogP contribution is 2.30. The molecule has 2 aromatic carbocycles. The van der Waals surface area contributed by atoms with Crippen LogP contribution < -0.4 is 0 Å². The van der Waals surface area contributed by atoms with Crippen LogP contribution in [0.15, 0.2) is 58.3 Å². The average molecular weight is 507 g/mol. The lowest BCUT2D eigenvalue weighted by atomic mass is 10.1. The van der Waals surface area contributed by atoms with Crippen LogP contribution in [0.4, 0.5) is 0 Å². The highest BCUT2D eigenvalue weighted by atomic mass is 32.3. The predicted molar refractivity (Wildman–Crippen MR) is 142 cm³/mol. The van der Waals surface area contributed by atoms with Gasteiger partial charge in [-0.15, -0.1) is 0 Å². The van der Waals surface area contributed by atoms with Crippen LogP contribution in [0, 0.1) is 13.8 Å². The summed E-state index contributed by atoms with van der Waals surface area (Å²) in [6, 6.07) is 12.9. The quantitative estimate of drug-likeness (QED) is 0.220. The van der Waals surface area contributed by atoms with E-state index in [1.165, 1.54) is 69.2 Å².